The molecule has 0 atom stereocenters. The van der Waals surface area contributed by atoms with Crippen LogP contribution in [0.3, 0.4) is 0 Å². The lowest BCUT2D eigenvalue weighted by atomic mass is 9.68. The number of amides is 2. The fourth-order valence-electron chi connectivity index (χ4n) is 5.82. The topological polar surface area (TPSA) is 61.4 Å². The summed E-state index contributed by atoms with van der Waals surface area (Å²) in [5.41, 5.74) is 1.07. The summed E-state index contributed by atoms with van der Waals surface area (Å²) in [6.07, 6.45) is 4.45. The molecular formula is C25H30F3N5O. The van der Waals surface area contributed by atoms with E-state index in [1.165, 1.54) is 12.0 Å². The SMILES string of the molecule is CNC1(c2ccccc2)CCC2(CC1)CN(c1cnc(C(F)(F)F)nc1)C(=O)N2CC1CCC1. The van der Waals surface area contributed by atoms with Crippen molar-refractivity contribution in [1.82, 2.24) is 20.2 Å². The van der Waals surface area contributed by atoms with Crippen LogP contribution in [-0.2, 0) is 11.7 Å². The molecule has 0 radical (unpaired) electrons. The first-order chi connectivity index (χ1) is 16.3. The molecule has 0 bridgehead atoms. The Labute approximate surface area is 197 Å². The van der Waals surface area contributed by atoms with Gasteiger partial charge in [-0.05, 0) is 57.1 Å². The number of hydrogen-bond acceptors (Lipinski definition) is 4. The molecular weight excluding hydrogens is 443 g/mol. The number of aromatic nitrogens is 2. The Morgan fingerprint density at radius 1 is 1.06 bits per heavy atom. The van der Waals surface area contributed by atoms with Crippen molar-refractivity contribution in [3.8, 4) is 0 Å². The van der Waals surface area contributed by atoms with Crippen molar-refractivity contribution in [1.29, 1.82) is 0 Å². The maximum absolute atomic E-state index is 13.6. The van der Waals surface area contributed by atoms with Gasteiger partial charge in [0.25, 0.3) is 0 Å². The van der Waals surface area contributed by atoms with Crippen molar-refractivity contribution in [2.45, 2.75) is 62.2 Å². The first-order valence-electron chi connectivity index (χ1n) is 12.0. The molecule has 2 saturated carbocycles. The number of benzene rings is 1. The summed E-state index contributed by atoms with van der Waals surface area (Å²) in [4.78, 5) is 24.2. The van der Waals surface area contributed by atoms with Crippen LogP contribution in [0.1, 0.15) is 56.3 Å². The number of carbonyl (C=O) groups excluding carboxylic acids is 1. The Bertz CT molecular complexity index is 1020. The third-order valence-corrected chi connectivity index (χ3v) is 8.19. The fraction of sp³-hybridized carbons (Fsp3) is 0.560. The standard InChI is InChI=1S/C25H30F3N5O/c1-29-24(19-8-3-2-4-9-19)12-10-23(11-13-24)17-32(22(34)33(23)16-18-6-5-7-18)20-14-30-21(31-15-20)25(26,27)28/h2-4,8-9,14-15,18,29H,5-7,10-13,16-17H2,1H3. The largest absolute Gasteiger partial charge is 0.451 e. The van der Waals surface area contributed by atoms with E-state index >= 15 is 0 Å². The minimum atomic E-state index is -4.61. The number of nitrogens with zero attached hydrogens (tertiary/aromatic N) is 4. The van der Waals surface area contributed by atoms with E-state index in [0.29, 0.717) is 24.7 Å². The van der Waals surface area contributed by atoms with Gasteiger partial charge in [0.1, 0.15) is 0 Å². The number of hydrogen-bond donors (Lipinski definition) is 1. The van der Waals surface area contributed by atoms with Gasteiger partial charge >= 0.3 is 12.2 Å². The van der Waals surface area contributed by atoms with Crippen LogP contribution in [0.15, 0.2) is 42.7 Å². The molecule has 2 heterocycles. The van der Waals surface area contributed by atoms with Crippen molar-refractivity contribution < 1.29 is 18.0 Å². The maximum Gasteiger partial charge on any atom is 0.451 e. The summed E-state index contributed by atoms with van der Waals surface area (Å²) in [6, 6.07) is 10.3. The van der Waals surface area contributed by atoms with E-state index < -0.39 is 12.0 Å². The lowest BCUT2D eigenvalue weighted by Gasteiger charge is -2.49. The molecule has 3 fully saturated rings. The zero-order chi connectivity index (χ0) is 24.0. The monoisotopic (exact) mass is 473 g/mol. The van der Waals surface area contributed by atoms with Crippen LogP contribution < -0.4 is 10.2 Å². The van der Waals surface area contributed by atoms with Gasteiger partial charge < -0.3 is 10.2 Å². The molecule has 0 unspecified atom stereocenters. The molecule has 2 aliphatic carbocycles. The Morgan fingerprint density at radius 2 is 1.71 bits per heavy atom. The lowest BCUT2D eigenvalue weighted by Crippen LogP contribution is -2.56. The molecule has 5 rings (SSSR count). The Morgan fingerprint density at radius 3 is 2.24 bits per heavy atom. The Kier molecular flexibility index (Phi) is 5.78. The predicted octanol–water partition coefficient (Wildman–Crippen LogP) is 4.97. The van der Waals surface area contributed by atoms with Crippen molar-refractivity contribution in [3.05, 3.63) is 54.1 Å². The summed E-state index contributed by atoms with van der Waals surface area (Å²) in [6.45, 7) is 1.15. The summed E-state index contributed by atoms with van der Waals surface area (Å²) in [5.74, 6) is -0.696. The summed E-state index contributed by atoms with van der Waals surface area (Å²) in [7, 11) is 1.99. The van der Waals surface area contributed by atoms with Crippen LogP contribution in [0.25, 0.3) is 0 Å². The van der Waals surface area contributed by atoms with Crippen LogP contribution in [0, 0.1) is 5.92 Å². The van der Waals surface area contributed by atoms with Gasteiger partial charge in [-0.15, -0.1) is 0 Å². The van der Waals surface area contributed by atoms with Crippen LogP contribution in [0.2, 0.25) is 0 Å². The number of nitrogens with one attached hydrogen (secondary N) is 1. The Balaban J connectivity index is 1.42. The highest BCUT2D eigenvalue weighted by Gasteiger charge is 2.54. The summed E-state index contributed by atoms with van der Waals surface area (Å²) in [5, 5.41) is 3.55. The fourth-order valence-corrected chi connectivity index (χ4v) is 5.82. The van der Waals surface area contributed by atoms with Gasteiger partial charge in [0.15, 0.2) is 0 Å². The molecule has 1 saturated heterocycles. The van der Waals surface area contributed by atoms with Crippen molar-refractivity contribution in [2.24, 2.45) is 5.92 Å². The third-order valence-electron chi connectivity index (χ3n) is 8.19. The second-order valence-electron chi connectivity index (χ2n) is 9.96. The molecule has 1 aromatic heterocycles. The van der Waals surface area contributed by atoms with E-state index in [1.807, 2.05) is 30.1 Å². The first-order valence-corrected chi connectivity index (χ1v) is 12.0. The van der Waals surface area contributed by atoms with Crippen molar-refractivity contribution >= 4 is 11.7 Å². The third kappa shape index (κ3) is 3.93. The smallest absolute Gasteiger partial charge is 0.317 e. The highest BCUT2D eigenvalue weighted by atomic mass is 19.4. The van der Waals surface area contributed by atoms with Crippen LogP contribution in [-0.4, -0.2) is 46.6 Å². The highest BCUT2D eigenvalue weighted by Crippen LogP contribution is 2.48. The van der Waals surface area contributed by atoms with E-state index in [0.717, 1.165) is 50.9 Å². The number of anilines is 1. The van der Waals surface area contributed by atoms with Gasteiger partial charge in [0.2, 0.25) is 5.82 Å². The van der Waals surface area contributed by atoms with E-state index in [-0.39, 0.29) is 17.1 Å². The second kappa shape index (κ2) is 8.52. The molecule has 9 heteroatoms. The minimum absolute atomic E-state index is 0.146. The average Bonchev–Trinajstić information content (AvgIpc) is 3.08. The summed E-state index contributed by atoms with van der Waals surface area (Å²) < 4.78 is 38.8. The molecule has 1 aliphatic heterocycles. The van der Waals surface area contributed by atoms with Gasteiger partial charge in [-0.1, -0.05) is 36.8 Å². The normalized spacial score (nSPS) is 27.9. The van der Waals surface area contributed by atoms with Crippen LogP contribution >= 0.6 is 0 Å². The van der Waals surface area contributed by atoms with Gasteiger partial charge in [-0.2, -0.15) is 13.2 Å². The van der Waals surface area contributed by atoms with Crippen molar-refractivity contribution in [3.63, 3.8) is 0 Å². The van der Waals surface area contributed by atoms with E-state index in [2.05, 4.69) is 27.4 Å². The maximum atomic E-state index is 13.6. The summed E-state index contributed by atoms with van der Waals surface area (Å²) >= 11 is 0. The van der Waals surface area contributed by atoms with Gasteiger partial charge in [0.05, 0.1) is 30.2 Å². The minimum Gasteiger partial charge on any atom is -0.317 e. The molecule has 2 aromatic rings. The van der Waals surface area contributed by atoms with Crippen molar-refractivity contribution in [2.75, 3.05) is 25.0 Å². The number of alkyl halides is 3. The van der Waals surface area contributed by atoms with Gasteiger partial charge in [-0.3, -0.25) is 4.90 Å². The second-order valence-corrected chi connectivity index (χ2v) is 9.96. The molecule has 3 aliphatic rings. The van der Waals surface area contributed by atoms with E-state index in [9.17, 15) is 18.0 Å². The highest BCUT2D eigenvalue weighted by molar-refractivity contribution is 5.95. The zero-order valence-corrected chi connectivity index (χ0v) is 19.3. The molecule has 6 nitrogen and oxygen atoms in total. The van der Waals surface area contributed by atoms with Gasteiger partial charge in [-0.25, -0.2) is 14.8 Å². The number of urea groups is 1. The van der Waals surface area contributed by atoms with Crippen LogP contribution in [0.5, 0.6) is 0 Å². The van der Waals surface area contributed by atoms with Gasteiger partial charge in [0, 0.05) is 12.1 Å². The zero-order valence-electron chi connectivity index (χ0n) is 19.3. The Hall–Kier alpha value is -2.68. The van der Waals surface area contributed by atoms with E-state index in [1.54, 1.807) is 4.90 Å². The molecule has 2 amide bonds. The predicted molar refractivity (Wildman–Crippen MR) is 122 cm³/mol. The molecule has 1 aromatic carbocycles. The van der Waals surface area contributed by atoms with E-state index in [4.69, 9.17) is 0 Å². The van der Waals surface area contributed by atoms with Crippen LogP contribution in [0.4, 0.5) is 23.7 Å². The lowest BCUT2D eigenvalue weighted by molar-refractivity contribution is -0.144. The molecule has 34 heavy (non-hydrogen) atoms. The molecule has 182 valence electrons. The first kappa shape index (κ1) is 23.1. The molecule has 1 N–H and O–H groups in total. The number of halogens is 3. The quantitative estimate of drug-likeness (QED) is 0.667. The number of carbonyl (C=O) groups is 1. The average molecular weight is 474 g/mol. The molecule has 1 spiro atoms. The number of rotatable bonds is 5.